The van der Waals surface area contributed by atoms with Crippen LogP contribution in [-0.2, 0) is 22.0 Å². The number of nitrogens with zero attached hydrogens (tertiary/aromatic N) is 1. The first kappa shape index (κ1) is 22.6. The van der Waals surface area contributed by atoms with Crippen LogP contribution in [0.5, 0.6) is 5.75 Å². The van der Waals surface area contributed by atoms with Crippen molar-refractivity contribution >= 4 is 16.2 Å². The number of aryl methyl sites for hydroxylation is 1. The molecule has 0 heterocycles. The summed E-state index contributed by atoms with van der Waals surface area (Å²) < 4.78 is 31.6. The first-order valence-electron chi connectivity index (χ1n) is 10.1. The van der Waals surface area contributed by atoms with Gasteiger partial charge in [0.2, 0.25) is 0 Å². The van der Waals surface area contributed by atoms with Crippen molar-refractivity contribution in [1.29, 1.82) is 0 Å². The molecule has 0 saturated heterocycles. The summed E-state index contributed by atoms with van der Waals surface area (Å²) in [7, 11) is -3.80. The molecule has 0 aliphatic heterocycles. The number of sulfonamides is 1. The minimum Gasteiger partial charge on any atom is -0.488 e. The Labute approximate surface area is 184 Å². The van der Waals surface area contributed by atoms with Gasteiger partial charge < -0.3 is 4.74 Å². The van der Waals surface area contributed by atoms with Crippen LogP contribution in [0.15, 0.2) is 82.8 Å². The second-order valence-corrected chi connectivity index (χ2v) is 10.0. The highest BCUT2D eigenvalue weighted by Crippen LogP contribution is 2.26. The standard InChI is InChI=1S/C25H28N2O3S/c1-19-14-15-22(25(2,3)4)16-24(19)31(28,29)27-26-17-21-12-8-9-13-23(21)30-18-20-10-6-5-7-11-20/h5-17,27H,18H2,1-4H3/b26-17+. The zero-order valence-corrected chi connectivity index (χ0v) is 19.1. The summed E-state index contributed by atoms with van der Waals surface area (Å²) in [4.78, 5) is 2.56. The van der Waals surface area contributed by atoms with E-state index in [1.165, 1.54) is 6.21 Å². The molecule has 3 aromatic carbocycles. The summed E-state index contributed by atoms with van der Waals surface area (Å²) in [5.74, 6) is 0.625. The Balaban J connectivity index is 1.76. The van der Waals surface area contributed by atoms with Gasteiger partial charge in [0, 0.05) is 5.56 Å². The third-order valence-electron chi connectivity index (χ3n) is 4.88. The molecule has 0 aliphatic rings. The Hall–Kier alpha value is -3.12. The van der Waals surface area contributed by atoms with Gasteiger partial charge in [-0.1, -0.05) is 75.4 Å². The van der Waals surface area contributed by atoms with Crippen LogP contribution >= 0.6 is 0 Å². The average molecular weight is 437 g/mol. The van der Waals surface area contributed by atoms with E-state index < -0.39 is 10.0 Å². The van der Waals surface area contributed by atoms with Gasteiger partial charge in [-0.25, -0.2) is 4.83 Å². The van der Waals surface area contributed by atoms with Crippen LogP contribution in [0, 0.1) is 6.92 Å². The van der Waals surface area contributed by atoms with Gasteiger partial charge in [0.05, 0.1) is 11.1 Å². The number of ether oxygens (including phenoxy) is 1. The number of para-hydroxylation sites is 1. The summed E-state index contributed by atoms with van der Waals surface area (Å²) in [6, 6.07) is 22.7. The molecule has 0 amide bonds. The van der Waals surface area contributed by atoms with Gasteiger partial charge in [-0.2, -0.15) is 13.5 Å². The quantitative estimate of drug-likeness (QED) is 0.410. The fourth-order valence-corrected chi connectivity index (χ4v) is 4.09. The van der Waals surface area contributed by atoms with Gasteiger partial charge in [0.15, 0.2) is 0 Å². The highest BCUT2D eigenvalue weighted by atomic mass is 32.2. The minimum absolute atomic E-state index is 0.156. The molecule has 0 unspecified atom stereocenters. The smallest absolute Gasteiger partial charge is 0.276 e. The molecular weight excluding hydrogens is 408 g/mol. The van der Waals surface area contributed by atoms with Crippen molar-refractivity contribution in [3.63, 3.8) is 0 Å². The third kappa shape index (κ3) is 5.95. The summed E-state index contributed by atoms with van der Waals surface area (Å²) >= 11 is 0. The molecule has 0 aliphatic carbocycles. The van der Waals surface area contributed by atoms with E-state index in [0.717, 1.165) is 11.1 Å². The number of benzene rings is 3. The Morgan fingerprint density at radius 1 is 0.968 bits per heavy atom. The second-order valence-electron chi connectivity index (χ2n) is 8.40. The van der Waals surface area contributed by atoms with E-state index in [0.29, 0.717) is 23.5 Å². The molecule has 0 fully saturated rings. The Morgan fingerprint density at radius 2 is 1.65 bits per heavy atom. The van der Waals surface area contributed by atoms with Crippen molar-refractivity contribution in [3.05, 3.63) is 95.1 Å². The maximum absolute atomic E-state index is 12.9. The predicted octanol–water partition coefficient (Wildman–Crippen LogP) is 5.18. The Kier molecular flexibility index (Phi) is 6.81. The molecule has 5 nitrogen and oxygen atoms in total. The van der Waals surface area contributed by atoms with E-state index in [1.54, 1.807) is 13.0 Å². The molecule has 0 saturated carbocycles. The molecule has 6 heteroatoms. The first-order valence-corrected chi connectivity index (χ1v) is 11.6. The van der Waals surface area contributed by atoms with E-state index in [4.69, 9.17) is 4.74 Å². The Morgan fingerprint density at radius 3 is 2.35 bits per heavy atom. The lowest BCUT2D eigenvalue weighted by molar-refractivity contribution is 0.306. The van der Waals surface area contributed by atoms with Crippen molar-refractivity contribution < 1.29 is 13.2 Å². The molecule has 3 rings (SSSR count). The zero-order valence-electron chi connectivity index (χ0n) is 18.3. The third-order valence-corrected chi connectivity index (χ3v) is 6.24. The van der Waals surface area contributed by atoms with Crippen LogP contribution in [0.1, 0.15) is 43.0 Å². The van der Waals surface area contributed by atoms with Crippen molar-refractivity contribution in [1.82, 2.24) is 4.83 Å². The molecule has 162 valence electrons. The van der Waals surface area contributed by atoms with Gasteiger partial charge >= 0.3 is 0 Å². The molecular formula is C25H28N2O3S. The molecule has 0 spiro atoms. The maximum atomic E-state index is 12.9. The van der Waals surface area contributed by atoms with Crippen LogP contribution in [0.4, 0.5) is 0 Å². The number of hydrogen-bond donors (Lipinski definition) is 1. The highest BCUT2D eigenvalue weighted by molar-refractivity contribution is 7.89. The predicted molar refractivity (Wildman–Crippen MR) is 125 cm³/mol. The first-order chi connectivity index (χ1) is 14.7. The molecule has 0 aromatic heterocycles. The second kappa shape index (κ2) is 9.35. The SMILES string of the molecule is Cc1ccc(C(C)(C)C)cc1S(=O)(=O)N/N=C/c1ccccc1OCc1ccccc1. The number of rotatable bonds is 7. The average Bonchev–Trinajstić information content (AvgIpc) is 2.73. The van der Waals surface area contributed by atoms with Crippen LogP contribution in [0.3, 0.4) is 0 Å². The Bertz CT molecular complexity index is 1160. The van der Waals surface area contributed by atoms with Gasteiger partial charge in [-0.3, -0.25) is 0 Å². The maximum Gasteiger partial charge on any atom is 0.276 e. The van der Waals surface area contributed by atoms with Crippen molar-refractivity contribution in [2.24, 2.45) is 5.10 Å². The zero-order chi connectivity index (χ0) is 22.5. The normalized spacial score (nSPS) is 12.1. The van der Waals surface area contributed by atoms with E-state index in [1.807, 2.05) is 87.5 Å². The number of nitrogens with one attached hydrogen (secondary N) is 1. The van der Waals surface area contributed by atoms with Gasteiger partial charge in [0.1, 0.15) is 12.4 Å². The van der Waals surface area contributed by atoms with Gasteiger partial charge in [-0.15, -0.1) is 0 Å². The van der Waals surface area contributed by atoms with Crippen molar-refractivity contribution in [2.45, 2.75) is 44.6 Å². The number of hydrazone groups is 1. The van der Waals surface area contributed by atoms with E-state index >= 15 is 0 Å². The van der Waals surface area contributed by atoms with E-state index in [9.17, 15) is 8.42 Å². The number of hydrogen-bond acceptors (Lipinski definition) is 4. The van der Waals surface area contributed by atoms with Crippen LogP contribution in [0.2, 0.25) is 0 Å². The molecule has 1 N–H and O–H groups in total. The lowest BCUT2D eigenvalue weighted by Crippen LogP contribution is -2.21. The molecule has 3 aromatic rings. The summed E-state index contributed by atoms with van der Waals surface area (Å²) in [6.07, 6.45) is 1.46. The summed E-state index contributed by atoms with van der Waals surface area (Å²) in [6.45, 7) is 8.33. The minimum atomic E-state index is -3.80. The largest absolute Gasteiger partial charge is 0.488 e. The monoisotopic (exact) mass is 436 g/mol. The lowest BCUT2D eigenvalue weighted by Gasteiger charge is -2.20. The molecule has 31 heavy (non-hydrogen) atoms. The van der Waals surface area contributed by atoms with Gasteiger partial charge in [0.25, 0.3) is 10.0 Å². The molecule has 0 bridgehead atoms. The molecule has 0 radical (unpaired) electrons. The van der Waals surface area contributed by atoms with Crippen LogP contribution < -0.4 is 9.57 Å². The highest BCUT2D eigenvalue weighted by Gasteiger charge is 2.21. The van der Waals surface area contributed by atoms with Crippen molar-refractivity contribution in [2.75, 3.05) is 0 Å². The topological polar surface area (TPSA) is 67.8 Å². The van der Waals surface area contributed by atoms with Gasteiger partial charge in [-0.05, 0) is 47.2 Å². The molecule has 0 atom stereocenters. The van der Waals surface area contributed by atoms with E-state index in [-0.39, 0.29) is 10.3 Å². The summed E-state index contributed by atoms with van der Waals surface area (Å²) in [5.41, 5.74) is 3.19. The lowest BCUT2D eigenvalue weighted by atomic mass is 9.87. The fraction of sp³-hybridized carbons (Fsp3) is 0.240. The van der Waals surface area contributed by atoms with E-state index in [2.05, 4.69) is 9.93 Å². The van der Waals surface area contributed by atoms with Crippen LogP contribution in [0.25, 0.3) is 0 Å². The fourth-order valence-electron chi connectivity index (χ4n) is 3.02. The summed E-state index contributed by atoms with van der Waals surface area (Å²) in [5, 5.41) is 4.00. The van der Waals surface area contributed by atoms with Crippen LogP contribution in [-0.4, -0.2) is 14.6 Å². The van der Waals surface area contributed by atoms with Crippen molar-refractivity contribution in [3.8, 4) is 5.75 Å².